The zero-order chi connectivity index (χ0) is 15.7. The molecule has 1 aromatic rings. The van der Waals surface area contributed by atoms with E-state index in [2.05, 4.69) is 37.6 Å². The minimum Gasteiger partial charge on any atom is -0.352 e. The highest BCUT2D eigenvalue weighted by molar-refractivity contribution is 14.0. The molecule has 2 unspecified atom stereocenters. The molecule has 0 radical (unpaired) electrons. The van der Waals surface area contributed by atoms with E-state index in [-0.39, 0.29) is 24.0 Å². The van der Waals surface area contributed by atoms with Crippen LogP contribution in [0.25, 0.3) is 0 Å². The van der Waals surface area contributed by atoms with Crippen molar-refractivity contribution in [2.24, 2.45) is 18.0 Å². The molecule has 1 aromatic heterocycles. The molecule has 0 spiro atoms. The molecular weight excluding hydrogens is 405 g/mol. The first kappa shape index (κ1) is 18.4. The van der Waals surface area contributed by atoms with Crippen molar-refractivity contribution < 1.29 is 0 Å². The van der Waals surface area contributed by atoms with Gasteiger partial charge in [0.1, 0.15) is 5.82 Å². The molecule has 2 N–H and O–H groups in total. The van der Waals surface area contributed by atoms with Gasteiger partial charge in [-0.1, -0.05) is 6.92 Å². The second-order valence-electron chi connectivity index (χ2n) is 6.56. The second-order valence-corrected chi connectivity index (χ2v) is 6.56. The Bertz CT molecular complexity index is 552. The summed E-state index contributed by atoms with van der Waals surface area (Å²) in [4.78, 5) is 6.95. The molecule has 2 fully saturated rings. The van der Waals surface area contributed by atoms with Crippen LogP contribution in [0.2, 0.25) is 0 Å². The number of hydrogen-bond acceptors (Lipinski definition) is 4. The van der Waals surface area contributed by atoms with Crippen molar-refractivity contribution in [2.75, 3.05) is 20.1 Å². The number of guanidine groups is 1. The van der Waals surface area contributed by atoms with Crippen LogP contribution < -0.4 is 10.6 Å². The molecule has 23 heavy (non-hydrogen) atoms. The number of likely N-dealkylation sites (tertiary alicyclic amines) is 1. The van der Waals surface area contributed by atoms with E-state index in [1.165, 1.54) is 19.4 Å². The summed E-state index contributed by atoms with van der Waals surface area (Å²) in [6.07, 6.45) is 2.75. The van der Waals surface area contributed by atoms with Crippen molar-refractivity contribution >= 4 is 29.9 Å². The molecule has 0 bridgehead atoms. The Hall–Kier alpha value is -0.900. The van der Waals surface area contributed by atoms with E-state index < -0.39 is 0 Å². The normalized spacial score (nSPS) is 25.3. The SMILES string of the molecule is CN=C(NCc1nnc(C)n1C)NC1CN(C2CC2)CC1C.I. The smallest absolute Gasteiger partial charge is 0.191 e. The first-order valence-electron chi connectivity index (χ1n) is 8.14. The van der Waals surface area contributed by atoms with Crippen LogP contribution in [0.5, 0.6) is 0 Å². The molecule has 2 aliphatic rings. The van der Waals surface area contributed by atoms with Crippen LogP contribution in [-0.4, -0.2) is 57.8 Å². The van der Waals surface area contributed by atoms with Gasteiger partial charge in [-0.05, 0) is 25.7 Å². The molecular formula is C15H28IN7. The van der Waals surface area contributed by atoms with Crippen LogP contribution >= 0.6 is 24.0 Å². The van der Waals surface area contributed by atoms with E-state index in [0.717, 1.165) is 30.2 Å². The maximum Gasteiger partial charge on any atom is 0.191 e. The van der Waals surface area contributed by atoms with Crippen molar-refractivity contribution in [3.63, 3.8) is 0 Å². The Labute approximate surface area is 155 Å². The molecule has 1 aliphatic heterocycles. The Morgan fingerprint density at radius 1 is 1.30 bits per heavy atom. The highest BCUT2D eigenvalue weighted by Crippen LogP contribution is 2.31. The van der Waals surface area contributed by atoms with E-state index in [0.29, 0.717) is 18.5 Å². The van der Waals surface area contributed by atoms with E-state index in [4.69, 9.17) is 0 Å². The van der Waals surface area contributed by atoms with Gasteiger partial charge in [0.25, 0.3) is 0 Å². The molecule has 1 aliphatic carbocycles. The summed E-state index contributed by atoms with van der Waals surface area (Å²) in [6.45, 7) is 7.22. The lowest BCUT2D eigenvalue weighted by Gasteiger charge is -2.20. The molecule has 2 atom stereocenters. The van der Waals surface area contributed by atoms with Gasteiger partial charge in [0.2, 0.25) is 0 Å². The summed E-state index contributed by atoms with van der Waals surface area (Å²) in [5.41, 5.74) is 0. The molecule has 8 heteroatoms. The van der Waals surface area contributed by atoms with Crippen LogP contribution in [0, 0.1) is 12.8 Å². The maximum atomic E-state index is 4.34. The predicted octanol–water partition coefficient (Wildman–Crippen LogP) is 0.889. The first-order chi connectivity index (χ1) is 10.6. The number of aryl methyl sites for hydroxylation is 1. The molecule has 2 heterocycles. The third-order valence-corrected chi connectivity index (χ3v) is 4.85. The Balaban J connectivity index is 0.00000192. The van der Waals surface area contributed by atoms with Crippen molar-refractivity contribution in [1.82, 2.24) is 30.3 Å². The summed E-state index contributed by atoms with van der Waals surface area (Å²) in [5, 5.41) is 15.2. The minimum absolute atomic E-state index is 0. The summed E-state index contributed by atoms with van der Waals surface area (Å²) in [5.74, 6) is 3.33. The predicted molar refractivity (Wildman–Crippen MR) is 102 cm³/mol. The average molecular weight is 433 g/mol. The summed E-state index contributed by atoms with van der Waals surface area (Å²) >= 11 is 0. The zero-order valence-electron chi connectivity index (χ0n) is 14.4. The van der Waals surface area contributed by atoms with Gasteiger partial charge >= 0.3 is 0 Å². The molecule has 1 saturated carbocycles. The fraction of sp³-hybridized carbons (Fsp3) is 0.800. The maximum absolute atomic E-state index is 4.34. The molecule has 0 aromatic carbocycles. The number of hydrogen-bond donors (Lipinski definition) is 2. The van der Waals surface area contributed by atoms with Crippen molar-refractivity contribution in [3.05, 3.63) is 11.6 Å². The molecule has 7 nitrogen and oxygen atoms in total. The van der Waals surface area contributed by atoms with E-state index in [1.807, 2.05) is 25.6 Å². The van der Waals surface area contributed by atoms with Crippen LogP contribution in [0.15, 0.2) is 4.99 Å². The Morgan fingerprint density at radius 2 is 2.04 bits per heavy atom. The van der Waals surface area contributed by atoms with Crippen LogP contribution in [0.3, 0.4) is 0 Å². The topological polar surface area (TPSA) is 70.4 Å². The van der Waals surface area contributed by atoms with E-state index >= 15 is 0 Å². The van der Waals surface area contributed by atoms with Gasteiger partial charge in [0.05, 0.1) is 6.54 Å². The third-order valence-electron chi connectivity index (χ3n) is 4.85. The van der Waals surface area contributed by atoms with Gasteiger partial charge in [-0.25, -0.2) is 0 Å². The second kappa shape index (κ2) is 7.78. The lowest BCUT2D eigenvalue weighted by Crippen LogP contribution is -2.46. The molecule has 130 valence electrons. The van der Waals surface area contributed by atoms with Crippen LogP contribution in [0.4, 0.5) is 0 Å². The minimum atomic E-state index is 0. The van der Waals surface area contributed by atoms with Crippen molar-refractivity contribution in [1.29, 1.82) is 0 Å². The van der Waals surface area contributed by atoms with Gasteiger partial charge < -0.3 is 15.2 Å². The summed E-state index contributed by atoms with van der Waals surface area (Å²) in [6, 6.07) is 1.30. The van der Waals surface area contributed by atoms with Crippen LogP contribution in [0.1, 0.15) is 31.4 Å². The zero-order valence-corrected chi connectivity index (χ0v) is 16.7. The Kier molecular flexibility index (Phi) is 6.24. The Morgan fingerprint density at radius 3 is 2.61 bits per heavy atom. The molecule has 1 saturated heterocycles. The lowest BCUT2D eigenvalue weighted by atomic mass is 10.1. The van der Waals surface area contributed by atoms with Gasteiger partial charge in [0.15, 0.2) is 11.8 Å². The van der Waals surface area contributed by atoms with Gasteiger partial charge in [-0.3, -0.25) is 9.89 Å². The largest absolute Gasteiger partial charge is 0.352 e. The highest BCUT2D eigenvalue weighted by Gasteiger charge is 2.38. The van der Waals surface area contributed by atoms with E-state index in [1.54, 1.807) is 0 Å². The fourth-order valence-electron chi connectivity index (χ4n) is 3.07. The monoisotopic (exact) mass is 433 g/mol. The number of nitrogens with zero attached hydrogens (tertiary/aromatic N) is 5. The van der Waals surface area contributed by atoms with Crippen molar-refractivity contribution in [2.45, 2.75) is 45.3 Å². The number of halogens is 1. The quantitative estimate of drug-likeness (QED) is 0.420. The standard InChI is InChI=1S/C15H27N7.HI/c1-10-8-22(12-5-6-12)9-13(10)18-15(16-3)17-7-14-20-19-11(2)21(14)4;/h10,12-13H,5-9H2,1-4H3,(H2,16,17,18);1H. The summed E-state index contributed by atoms with van der Waals surface area (Å²) in [7, 11) is 3.80. The van der Waals surface area contributed by atoms with E-state index in [9.17, 15) is 0 Å². The lowest BCUT2D eigenvalue weighted by molar-refractivity contribution is 0.315. The number of nitrogens with one attached hydrogen (secondary N) is 2. The fourth-order valence-corrected chi connectivity index (χ4v) is 3.07. The van der Waals surface area contributed by atoms with Gasteiger partial charge in [-0.2, -0.15) is 0 Å². The average Bonchev–Trinajstić information content (AvgIpc) is 3.23. The molecule has 0 amide bonds. The summed E-state index contributed by atoms with van der Waals surface area (Å²) < 4.78 is 1.99. The van der Waals surface area contributed by atoms with Gasteiger partial charge in [-0.15, -0.1) is 34.2 Å². The van der Waals surface area contributed by atoms with Crippen molar-refractivity contribution in [3.8, 4) is 0 Å². The molecule has 3 rings (SSSR count). The highest BCUT2D eigenvalue weighted by atomic mass is 127. The number of aliphatic imine (C=N–C) groups is 1. The number of rotatable bonds is 4. The number of aromatic nitrogens is 3. The first-order valence-corrected chi connectivity index (χ1v) is 8.14. The van der Waals surface area contributed by atoms with Crippen LogP contribution in [-0.2, 0) is 13.6 Å². The third kappa shape index (κ3) is 4.34. The van der Waals surface area contributed by atoms with Gasteiger partial charge in [0, 0.05) is 39.3 Å².